The van der Waals surface area contributed by atoms with Crippen molar-refractivity contribution in [3.8, 4) is 5.82 Å². The van der Waals surface area contributed by atoms with E-state index in [-0.39, 0.29) is 12.5 Å². The maximum Gasteiger partial charge on any atom is 0.410 e. The molecule has 0 aliphatic carbocycles. The summed E-state index contributed by atoms with van der Waals surface area (Å²) < 4.78 is 22.4. The van der Waals surface area contributed by atoms with Crippen LogP contribution in [0.5, 0.6) is 0 Å². The molecule has 0 radical (unpaired) electrons. The number of alkyl halides is 1. The molecule has 1 aliphatic heterocycles. The number of halogens is 2. The van der Waals surface area contributed by atoms with E-state index in [0.717, 1.165) is 22.0 Å². The molecular formula is C23H27ClFN5O2. The van der Waals surface area contributed by atoms with Crippen LogP contribution in [0.25, 0.3) is 16.7 Å². The van der Waals surface area contributed by atoms with E-state index in [1.165, 1.54) is 4.90 Å². The first-order valence-electron chi connectivity index (χ1n) is 10.6. The molecule has 3 aromatic rings. The topological polar surface area (TPSA) is 73.1 Å². The van der Waals surface area contributed by atoms with Crippen LogP contribution < -0.4 is 0 Å². The highest BCUT2D eigenvalue weighted by molar-refractivity contribution is 6.29. The van der Waals surface area contributed by atoms with Gasteiger partial charge in [0.1, 0.15) is 22.8 Å². The second-order valence-electron chi connectivity index (χ2n) is 9.26. The van der Waals surface area contributed by atoms with E-state index in [9.17, 15) is 4.79 Å². The number of carbonyl (C=O) groups is 1. The Kier molecular flexibility index (Phi) is 5.83. The average molecular weight is 460 g/mol. The summed E-state index contributed by atoms with van der Waals surface area (Å²) >= 11 is 6.11. The number of nitrogens with zero attached hydrogens (tertiary/aromatic N) is 5. The van der Waals surface area contributed by atoms with Gasteiger partial charge in [-0.05, 0) is 64.3 Å². The van der Waals surface area contributed by atoms with E-state index in [2.05, 4.69) is 15.1 Å². The highest BCUT2D eigenvalue weighted by atomic mass is 35.5. The van der Waals surface area contributed by atoms with Crippen LogP contribution in [0.3, 0.4) is 0 Å². The number of rotatable bonds is 2. The third-order valence-electron chi connectivity index (χ3n) is 5.56. The van der Waals surface area contributed by atoms with Crippen molar-refractivity contribution in [2.24, 2.45) is 0 Å². The third kappa shape index (κ3) is 4.55. The molecule has 2 aromatic heterocycles. The van der Waals surface area contributed by atoms with Gasteiger partial charge in [-0.15, -0.1) is 0 Å². The molecule has 0 saturated carbocycles. The number of carbonyl (C=O) groups excluding carboxylic acids is 1. The lowest BCUT2D eigenvalue weighted by Crippen LogP contribution is -2.46. The molecular weight excluding hydrogens is 433 g/mol. The Morgan fingerprint density at radius 2 is 1.97 bits per heavy atom. The predicted octanol–water partition coefficient (Wildman–Crippen LogP) is 5.15. The molecule has 7 nitrogen and oxygen atoms in total. The molecule has 1 aromatic carbocycles. The lowest BCUT2D eigenvalue weighted by atomic mass is 9.85. The molecule has 3 heterocycles. The number of likely N-dealkylation sites (tertiary alicyclic amines) is 1. The molecule has 0 spiro atoms. The molecule has 1 fully saturated rings. The van der Waals surface area contributed by atoms with E-state index in [1.807, 2.05) is 19.1 Å². The molecule has 4 rings (SSSR count). The lowest BCUT2D eigenvalue weighted by molar-refractivity contribution is 0.0111. The van der Waals surface area contributed by atoms with Gasteiger partial charge in [-0.25, -0.2) is 23.8 Å². The fraction of sp³-hybridized carbons (Fsp3) is 0.478. The van der Waals surface area contributed by atoms with Crippen LogP contribution in [-0.4, -0.2) is 55.6 Å². The second kappa shape index (κ2) is 8.31. The van der Waals surface area contributed by atoms with Gasteiger partial charge in [-0.1, -0.05) is 11.6 Å². The SMILES string of the molecule is Cc1nc(Cl)cc(-n2ncc3cc(C)c(C4CCN(C(=O)OC(C)(C)C)CC4F)cc32)n1. The van der Waals surface area contributed by atoms with Crippen molar-refractivity contribution in [3.05, 3.63) is 46.5 Å². The summed E-state index contributed by atoms with van der Waals surface area (Å²) in [5, 5.41) is 5.73. The minimum absolute atomic E-state index is 0.0109. The molecule has 1 aliphatic rings. The van der Waals surface area contributed by atoms with E-state index in [0.29, 0.717) is 29.8 Å². The highest BCUT2D eigenvalue weighted by Gasteiger charge is 2.35. The summed E-state index contributed by atoms with van der Waals surface area (Å²) in [7, 11) is 0. The van der Waals surface area contributed by atoms with Gasteiger partial charge in [0, 0.05) is 23.9 Å². The van der Waals surface area contributed by atoms with Crippen LogP contribution >= 0.6 is 11.6 Å². The third-order valence-corrected chi connectivity index (χ3v) is 5.75. The van der Waals surface area contributed by atoms with Crippen molar-refractivity contribution >= 4 is 28.6 Å². The number of amides is 1. The zero-order valence-electron chi connectivity index (χ0n) is 18.9. The Morgan fingerprint density at radius 1 is 1.22 bits per heavy atom. The van der Waals surface area contributed by atoms with Crippen molar-refractivity contribution in [2.75, 3.05) is 13.1 Å². The standard InChI is InChI=1S/C23H27ClFN5O2/c1-13-8-15-11-26-30(21-10-20(24)27-14(2)28-21)19(15)9-17(13)16-6-7-29(12-18(16)25)22(31)32-23(3,4)5/h8-11,16,18H,6-7,12H2,1-5H3. The molecule has 170 valence electrons. The highest BCUT2D eigenvalue weighted by Crippen LogP contribution is 2.35. The van der Waals surface area contributed by atoms with Crippen molar-refractivity contribution in [2.45, 2.75) is 58.7 Å². The zero-order valence-corrected chi connectivity index (χ0v) is 19.6. The van der Waals surface area contributed by atoms with Gasteiger partial charge in [-0.2, -0.15) is 5.10 Å². The molecule has 1 saturated heterocycles. The number of hydrogen-bond acceptors (Lipinski definition) is 5. The number of fused-ring (bicyclic) bond motifs is 1. The van der Waals surface area contributed by atoms with Crippen LogP contribution in [0.4, 0.5) is 9.18 Å². The van der Waals surface area contributed by atoms with Gasteiger partial charge in [0.05, 0.1) is 18.3 Å². The van der Waals surface area contributed by atoms with E-state index in [1.54, 1.807) is 44.6 Å². The van der Waals surface area contributed by atoms with E-state index in [4.69, 9.17) is 16.3 Å². The first-order valence-corrected chi connectivity index (χ1v) is 11.0. The number of aryl methyl sites for hydroxylation is 2. The molecule has 1 amide bonds. The molecule has 2 atom stereocenters. The Bertz CT molecular complexity index is 1150. The number of piperidine rings is 1. The fourth-order valence-corrected chi connectivity index (χ4v) is 4.38. The van der Waals surface area contributed by atoms with Crippen molar-refractivity contribution in [1.29, 1.82) is 0 Å². The van der Waals surface area contributed by atoms with Gasteiger partial charge in [-0.3, -0.25) is 0 Å². The molecule has 9 heteroatoms. The Hall–Kier alpha value is -2.74. The summed E-state index contributed by atoms with van der Waals surface area (Å²) in [6.07, 6.45) is 0.605. The largest absolute Gasteiger partial charge is 0.444 e. The number of benzene rings is 1. The fourth-order valence-electron chi connectivity index (χ4n) is 4.16. The first kappa shape index (κ1) is 22.5. The summed E-state index contributed by atoms with van der Waals surface area (Å²) in [5.41, 5.74) is 2.11. The van der Waals surface area contributed by atoms with Gasteiger partial charge in [0.15, 0.2) is 5.82 Å². The minimum Gasteiger partial charge on any atom is -0.444 e. The van der Waals surface area contributed by atoms with Crippen molar-refractivity contribution in [1.82, 2.24) is 24.6 Å². The van der Waals surface area contributed by atoms with Crippen molar-refractivity contribution < 1.29 is 13.9 Å². The minimum atomic E-state index is -1.19. The number of ether oxygens (including phenoxy) is 1. The van der Waals surface area contributed by atoms with E-state index < -0.39 is 17.9 Å². The van der Waals surface area contributed by atoms with Crippen molar-refractivity contribution in [3.63, 3.8) is 0 Å². The van der Waals surface area contributed by atoms with Gasteiger partial charge in [0.25, 0.3) is 0 Å². The Balaban J connectivity index is 1.64. The average Bonchev–Trinajstić information content (AvgIpc) is 3.08. The van der Waals surface area contributed by atoms with Gasteiger partial charge >= 0.3 is 6.09 Å². The van der Waals surface area contributed by atoms with Crippen LogP contribution in [0.15, 0.2) is 24.4 Å². The summed E-state index contributed by atoms with van der Waals surface area (Å²) in [4.78, 5) is 22.4. The number of hydrogen-bond donors (Lipinski definition) is 0. The molecule has 0 bridgehead atoms. The van der Waals surface area contributed by atoms with Crippen LogP contribution in [0.2, 0.25) is 5.15 Å². The van der Waals surface area contributed by atoms with Gasteiger partial charge in [0.2, 0.25) is 0 Å². The monoisotopic (exact) mass is 459 g/mol. The van der Waals surface area contributed by atoms with Crippen LogP contribution in [0, 0.1) is 13.8 Å². The maximum atomic E-state index is 15.3. The van der Waals surface area contributed by atoms with Crippen LogP contribution in [-0.2, 0) is 4.74 Å². The summed E-state index contributed by atoms with van der Waals surface area (Å²) in [6, 6.07) is 5.64. The quantitative estimate of drug-likeness (QED) is 0.495. The second-order valence-corrected chi connectivity index (χ2v) is 9.64. The van der Waals surface area contributed by atoms with Crippen LogP contribution in [0.1, 0.15) is 50.1 Å². The molecule has 2 unspecified atom stereocenters. The van der Waals surface area contributed by atoms with Gasteiger partial charge < -0.3 is 9.64 Å². The summed E-state index contributed by atoms with van der Waals surface area (Å²) in [5.74, 6) is 0.780. The normalized spacial score (nSPS) is 19.4. The summed E-state index contributed by atoms with van der Waals surface area (Å²) in [6.45, 7) is 9.61. The lowest BCUT2D eigenvalue weighted by Gasteiger charge is -2.36. The Morgan fingerprint density at radius 3 is 2.62 bits per heavy atom. The smallest absolute Gasteiger partial charge is 0.410 e. The maximum absolute atomic E-state index is 15.3. The zero-order chi connectivity index (χ0) is 23.2. The molecule has 0 N–H and O–H groups in total. The first-order chi connectivity index (χ1) is 15.0. The van der Waals surface area contributed by atoms with E-state index >= 15 is 4.39 Å². The predicted molar refractivity (Wildman–Crippen MR) is 121 cm³/mol. The Labute approximate surface area is 191 Å². The number of aromatic nitrogens is 4. The molecule has 32 heavy (non-hydrogen) atoms.